The molecule has 184 valence electrons. The standard InChI is InChI=1S/C28H33N3O4/c1-18(2)15-24(31-14-7-6-11-25(31)32)28(34)30-23(17-26(33)35-5)22-16-21(12-13-29-22)27-19(3)9-8-10-20(27)4/h6-14,16,18,23-24H,15,17H2,1-5H3,(H,30,34)/t23-,24?/m0/s1. The molecule has 3 aromatic rings. The zero-order valence-corrected chi connectivity index (χ0v) is 20.9. The van der Waals surface area contributed by atoms with E-state index >= 15 is 0 Å². The van der Waals surface area contributed by atoms with Gasteiger partial charge in [0.15, 0.2) is 0 Å². The lowest BCUT2D eigenvalue weighted by molar-refractivity contribution is -0.141. The van der Waals surface area contributed by atoms with E-state index in [0.717, 1.165) is 22.3 Å². The van der Waals surface area contributed by atoms with Gasteiger partial charge in [0, 0.05) is 18.5 Å². The van der Waals surface area contributed by atoms with Gasteiger partial charge in [-0.15, -0.1) is 0 Å². The molecule has 0 bridgehead atoms. The van der Waals surface area contributed by atoms with E-state index in [1.54, 1.807) is 24.5 Å². The molecule has 0 aliphatic rings. The number of carbonyl (C=O) groups excluding carboxylic acids is 2. The molecule has 7 heteroatoms. The average Bonchev–Trinajstić information content (AvgIpc) is 2.82. The molecular formula is C28H33N3O4. The summed E-state index contributed by atoms with van der Waals surface area (Å²) < 4.78 is 6.33. The third-order valence-electron chi connectivity index (χ3n) is 6.01. The summed E-state index contributed by atoms with van der Waals surface area (Å²) in [5.74, 6) is -0.644. The van der Waals surface area contributed by atoms with Crippen molar-refractivity contribution in [3.63, 3.8) is 0 Å². The Kier molecular flexibility index (Phi) is 8.58. The van der Waals surface area contributed by atoms with E-state index in [-0.39, 0.29) is 23.8 Å². The molecule has 0 saturated heterocycles. The molecule has 1 aromatic carbocycles. The third-order valence-corrected chi connectivity index (χ3v) is 6.01. The number of amides is 1. The molecule has 1 unspecified atom stereocenters. The van der Waals surface area contributed by atoms with Crippen molar-refractivity contribution in [3.05, 3.63) is 88.1 Å². The fourth-order valence-corrected chi connectivity index (χ4v) is 4.30. The van der Waals surface area contributed by atoms with Crippen LogP contribution >= 0.6 is 0 Å². The van der Waals surface area contributed by atoms with Crippen LogP contribution in [0, 0.1) is 19.8 Å². The van der Waals surface area contributed by atoms with Gasteiger partial charge in [-0.25, -0.2) is 0 Å². The maximum Gasteiger partial charge on any atom is 0.308 e. The summed E-state index contributed by atoms with van der Waals surface area (Å²) in [5.41, 5.74) is 4.58. The number of aromatic nitrogens is 2. The van der Waals surface area contributed by atoms with Crippen LogP contribution in [0.3, 0.4) is 0 Å². The van der Waals surface area contributed by atoms with Crippen LogP contribution in [0.15, 0.2) is 65.7 Å². The smallest absolute Gasteiger partial charge is 0.308 e. The van der Waals surface area contributed by atoms with E-state index in [4.69, 9.17) is 4.74 Å². The van der Waals surface area contributed by atoms with Crippen molar-refractivity contribution in [2.24, 2.45) is 5.92 Å². The fraction of sp³-hybridized carbons (Fsp3) is 0.357. The van der Waals surface area contributed by atoms with Crippen LogP contribution in [-0.4, -0.2) is 28.5 Å². The van der Waals surface area contributed by atoms with Gasteiger partial charge < -0.3 is 14.6 Å². The van der Waals surface area contributed by atoms with Crippen molar-refractivity contribution in [3.8, 4) is 11.1 Å². The van der Waals surface area contributed by atoms with Gasteiger partial charge >= 0.3 is 5.97 Å². The van der Waals surface area contributed by atoms with Gasteiger partial charge in [0.05, 0.1) is 25.3 Å². The minimum absolute atomic E-state index is 0.0798. The first kappa shape index (κ1) is 25.9. The summed E-state index contributed by atoms with van der Waals surface area (Å²) in [6.07, 6.45) is 3.69. The lowest BCUT2D eigenvalue weighted by Gasteiger charge is -2.25. The Balaban J connectivity index is 1.99. The first-order valence-electron chi connectivity index (χ1n) is 11.8. The number of hydrogen-bond donors (Lipinski definition) is 1. The van der Waals surface area contributed by atoms with Crippen LogP contribution in [0.5, 0.6) is 0 Å². The molecule has 0 spiro atoms. The molecule has 35 heavy (non-hydrogen) atoms. The van der Waals surface area contributed by atoms with E-state index in [1.165, 1.54) is 17.7 Å². The molecular weight excluding hydrogens is 442 g/mol. The molecule has 1 N–H and O–H groups in total. The van der Waals surface area contributed by atoms with Crippen molar-refractivity contribution in [2.75, 3.05) is 7.11 Å². The summed E-state index contributed by atoms with van der Waals surface area (Å²) in [7, 11) is 1.31. The minimum atomic E-state index is -0.717. The maximum atomic E-state index is 13.5. The van der Waals surface area contributed by atoms with Crippen molar-refractivity contribution in [2.45, 2.75) is 52.6 Å². The van der Waals surface area contributed by atoms with Gasteiger partial charge in [-0.1, -0.05) is 38.1 Å². The Hall–Kier alpha value is -3.74. The Morgan fingerprint density at radius 1 is 1.06 bits per heavy atom. The van der Waals surface area contributed by atoms with E-state index in [2.05, 4.69) is 10.3 Å². The largest absolute Gasteiger partial charge is 0.469 e. The molecule has 0 saturated carbocycles. The first-order valence-corrected chi connectivity index (χ1v) is 11.8. The Bertz CT molecular complexity index is 1230. The van der Waals surface area contributed by atoms with Crippen molar-refractivity contribution < 1.29 is 14.3 Å². The molecule has 2 atom stereocenters. The number of methoxy groups -OCH3 is 1. The zero-order chi connectivity index (χ0) is 25.5. The van der Waals surface area contributed by atoms with Crippen molar-refractivity contribution in [1.29, 1.82) is 0 Å². The Morgan fingerprint density at radius 2 is 1.77 bits per heavy atom. The van der Waals surface area contributed by atoms with Crippen LogP contribution in [0.2, 0.25) is 0 Å². The van der Waals surface area contributed by atoms with Crippen molar-refractivity contribution >= 4 is 11.9 Å². The normalized spacial score (nSPS) is 12.7. The Morgan fingerprint density at radius 3 is 2.40 bits per heavy atom. The summed E-state index contributed by atoms with van der Waals surface area (Å²) in [6.45, 7) is 8.08. The summed E-state index contributed by atoms with van der Waals surface area (Å²) >= 11 is 0. The number of nitrogens with one attached hydrogen (secondary N) is 1. The molecule has 0 aliphatic carbocycles. The monoisotopic (exact) mass is 475 g/mol. The van der Waals surface area contributed by atoms with Crippen LogP contribution in [0.25, 0.3) is 11.1 Å². The average molecular weight is 476 g/mol. The summed E-state index contributed by atoms with van der Waals surface area (Å²) in [5, 5.41) is 2.98. The molecule has 2 heterocycles. The number of pyridine rings is 2. The Labute approximate surface area is 206 Å². The molecule has 3 rings (SSSR count). The minimum Gasteiger partial charge on any atom is -0.469 e. The number of benzene rings is 1. The molecule has 2 aromatic heterocycles. The van der Waals surface area contributed by atoms with Gasteiger partial charge in [-0.05, 0) is 66.6 Å². The van der Waals surface area contributed by atoms with Gasteiger partial charge in [0.2, 0.25) is 5.91 Å². The molecule has 7 nitrogen and oxygen atoms in total. The van der Waals surface area contributed by atoms with Crippen LogP contribution < -0.4 is 10.9 Å². The highest BCUT2D eigenvalue weighted by molar-refractivity contribution is 5.82. The van der Waals surface area contributed by atoms with Crippen LogP contribution in [-0.2, 0) is 14.3 Å². The summed E-state index contributed by atoms with van der Waals surface area (Å²) in [6, 6.07) is 13.3. The SMILES string of the molecule is COC(=O)C[C@H](NC(=O)C(CC(C)C)n1ccccc1=O)c1cc(-c2c(C)cccc2C)ccn1. The van der Waals surface area contributed by atoms with E-state index in [1.807, 2.05) is 58.0 Å². The van der Waals surface area contributed by atoms with E-state index in [9.17, 15) is 14.4 Å². The number of ether oxygens (including phenoxy) is 1. The van der Waals surface area contributed by atoms with Gasteiger partial charge in [-0.3, -0.25) is 19.4 Å². The third kappa shape index (κ3) is 6.44. The highest BCUT2D eigenvalue weighted by Crippen LogP contribution is 2.29. The molecule has 1 amide bonds. The molecule has 0 radical (unpaired) electrons. The summed E-state index contributed by atoms with van der Waals surface area (Å²) in [4.78, 5) is 42.7. The number of nitrogens with zero attached hydrogens (tertiary/aromatic N) is 2. The first-order chi connectivity index (χ1) is 16.7. The van der Waals surface area contributed by atoms with Crippen LogP contribution in [0.4, 0.5) is 0 Å². The fourth-order valence-electron chi connectivity index (χ4n) is 4.30. The van der Waals surface area contributed by atoms with Gasteiger partial charge in [0.25, 0.3) is 5.56 Å². The van der Waals surface area contributed by atoms with E-state index in [0.29, 0.717) is 12.1 Å². The second kappa shape index (κ2) is 11.6. The lowest BCUT2D eigenvalue weighted by Crippen LogP contribution is -2.40. The number of esters is 1. The van der Waals surface area contributed by atoms with Crippen molar-refractivity contribution in [1.82, 2.24) is 14.9 Å². The van der Waals surface area contributed by atoms with Gasteiger partial charge in [0.1, 0.15) is 6.04 Å². The highest BCUT2D eigenvalue weighted by atomic mass is 16.5. The maximum absolute atomic E-state index is 13.5. The highest BCUT2D eigenvalue weighted by Gasteiger charge is 2.27. The topological polar surface area (TPSA) is 90.3 Å². The molecule has 0 fully saturated rings. The number of carbonyl (C=O) groups is 2. The van der Waals surface area contributed by atoms with Gasteiger partial charge in [-0.2, -0.15) is 0 Å². The second-order valence-electron chi connectivity index (χ2n) is 9.17. The quantitative estimate of drug-likeness (QED) is 0.459. The second-order valence-corrected chi connectivity index (χ2v) is 9.17. The van der Waals surface area contributed by atoms with E-state index < -0.39 is 18.1 Å². The zero-order valence-electron chi connectivity index (χ0n) is 20.9. The number of aryl methyl sites for hydroxylation is 2. The number of rotatable bonds is 9. The molecule has 0 aliphatic heterocycles. The predicted octanol–water partition coefficient (Wildman–Crippen LogP) is 4.53. The predicted molar refractivity (Wildman–Crippen MR) is 136 cm³/mol. The van der Waals surface area contributed by atoms with Crippen LogP contribution in [0.1, 0.15) is 55.6 Å². The number of hydrogen-bond acceptors (Lipinski definition) is 5. The lowest BCUT2D eigenvalue weighted by atomic mass is 9.95.